The monoisotopic (exact) mass is 254 g/mol. The van der Waals surface area contributed by atoms with Crippen LogP contribution in [0.3, 0.4) is 0 Å². The van der Waals surface area contributed by atoms with Crippen molar-refractivity contribution in [3.05, 3.63) is 24.3 Å². The zero-order chi connectivity index (χ0) is 12.5. The van der Waals surface area contributed by atoms with Gasteiger partial charge in [-0.15, -0.1) is 0 Å². The lowest BCUT2D eigenvalue weighted by Crippen LogP contribution is -2.32. The number of hydrogen-bond acceptors (Lipinski definition) is 3. The quantitative estimate of drug-likeness (QED) is 0.869. The molecule has 0 unspecified atom stereocenters. The van der Waals surface area contributed by atoms with E-state index in [4.69, 9.17) is 0 Å². The normalized spacial score (nSPS) is 18.9. The largest absolute Gasteiger partial charge is 0.369 e. The third kappa shape index (κ3) is 2.61. The van der Waals surface area contributed by atoms with Gasteiger partial charge in [-0.05, 0) is 18.1 Å². The summed E-state index contributed by atoms with van der Waals surface area (Å²) in [6.07, 6.45) is 0. The predicted molar refractivity (Wildman–Crippen MR) is 68.7 cm³/mol. The highest BCUT2D eigenvalue weighted by Crippen LogP contribution is 2.27. The van der Waals surface area contributed by atoms with E-state index in [0.29, 0.717) is 23.9 Å². The van der Waals surface area contributed by atoms with Gasteiger partial charge in [-0.1, -0.05) is 26.0 Å². The molecular formula is C12H18N2O2S. The molecule has 0 radical (unpaired) electrons. The molecule has 2 rings (SSSR count). The second-order valence-corrected chi connectivity index (χ2v) is 6.44. The topological polar surface area (TPSA) is 49.4 Å². The summed E-state index contributed by atoms with van der Waals surface area (Å²) in [5.74, 6) is 0.504. The van der Waals surface area contributed by atoms with E-state index in [0.717, 1.165) is 12.2 Å². The number of benzene rings is 1. The van der Waals surface area contributed by atoms with Gasteiger partial charge in [-0.2, -0.15) is 0 Å². The van der Waals surface area contributed by atoms with Crippen molar-refractivity contribution in [2.45, 2.75) is 18.7 Å². The number of sulfonamides is 1. The summed E-state index contributed by atoms with van der Waals surface area (Å²) < 4.78 is 26.6. The van der Waals surface area contributed by atoms with Crippen molar-refractivity contribution in [2.75, 3.05) is 24.5 Å². The Morgan fingerprint density at radius 2 is 2.06 bits per heavy atom. The van der Waals surface area contributed by atoms with Crippen LogP contribution in [0.5, 0.6) is 0 Å². The molecule has 0 amide bonds. The molecule has 1 aromatic rings. The van der Waals surface area contributed by atoms with Crippen molar-refractivity contribution >= 4 is 15.7 Å². The Morgan fingerprint density at radius 1 is 1.35 bits per heavy atom. The second kappa shape index (κ2) is 4.66. The molecule has 17 heavy (non-hydrogen) atoms. The average molecular weight is 254 g/mol. The lowest BCUT2D eigenvalue weighted by Gasteiger charge is -2.25. The van der Waals surface area contributed by atoms with Crippen LogP contribution in [0.1, 0.15) is 13.8 Å². The molecular weight excluding hydrogens is 236 g/mol. The van der Waals surface area contributed by atoms with Crippen LogP contribution in [0, 0.1) is 5.92 Å². The van der Waals surface area contributed by atoms with Crippen LogP contribution < -0.4 is 9.62 Å². The molecule has 0 saturated heterocycles. The van der Waals surface area contributed by atoms with Crippen LogP contribution in [0.15, 0.2) is 29.2 Å². The summed E-state index contributed by atoms with van der Waals surface area (Å²) in [5, 5.41) is 0. The minimum atomic E-state index is -3.34. The molecule has 0 aliphatic carbocycles. The van der Waals surface area contributed by atoms with E-state index in [1.54, 1.807) is 12.1 Å². The van der Waals surface area contributed by atoms with E-state index < -0.39 is 10.0 Å². The first-order chi connectivity index (χ1) is 8.00. The molecule has 1 aromatic carbocycles. The lowest BCUT2D eigenvalue weighted by molar-refractivity contribution is 0.583. The minimum Gasteiger partial charge on any atom is -0.369 e. The van der Waals surface area contributed by atoms with Crippen LogP contribution in [0.2, 0.25) is 0 Å². The van der Waals surface area contributed by atoms with Gasteiger partial charge in [0.05, 0.1) is 5.69 Å². The molecule has 0 saturated carbocycles. The Balaban J connectivity index is 2.47. The molecule has 1 aliphatic rings. The molecule has 0 aromatic heterocycles. The third-order valence-electron chi connectivity index (χ3n) is 2.75. The molecule has 1 heterocycles. The molecule has 0 bridgehead atoms. The maximum Gasteiger partial charge on any atom is 0.242 e. The van der Waals surface area contributed by atoms with Crippen LogP contribution >= 0.6 is 0 Å². The van der Waals surface area contributed by atoms with Gasteiger partial charge < -0.3 is 4.90 Å². The number of hydrogen-bond donors (Lipinski definition) is 1. The zero-order valence-electron chi connectivity index (χ0n) is 10.2. The highest BCUT2D eigenvalue weighted by molar-refractivity contribution is 7.89. The van der Waals surface area contributed by atoms with Crippen LogP contribution in [-0.2, 0) is 10.0 Å². The third-order valence-corrected chi connectivity index (χ3v) is 4.26. The molecule has 5 heteroatoms. The van der Waals surface area contributed by atoms with Gasteiger partial charge >= 0.3 is 0 Å². The van der Waals surface area contributed by atoms with E-state index in [2.05, 4.69) is 23.5 Å². The number of rotatable bonds is 2. The SMILES string of the molecule is CC(C)CN1CCNS(=O)(=O)c2ccccc21. The lowest BCUT2D eigenvalue weighted by atomic mass is 10.2. The fourth-order valence-electron chi connectivity index (χ4n) is 2.09. The van der Waals surface area contributed by atoms with Gasteiger partial charge in [0.25, 0.3) is 0 Å². The summed E-state index contributed by atoms with van der Waals surface area (Å²) in [5.41, 5.74) is 0.811. The first kappa shape index (κ1) is 12.4. The van der Waals surface area contributed by atoms with Crippen molar-refractivity contribution in [1.29, 1.82) is 0 Å². The number of nitrogens with one attached hydrogen (secondary N) is 1. The summed E-state index contributed by atoms with van der Waals surface area (Å²) >= 11 is 0. The van der Waals surface area contributed by atoms with Crippen LogP contribution in [0.25, 0.3) is 0 Å². The van der Waals surface area contributed by atoms with Crippen molar-refractivity contribution in [3.8, 4) is 0 Å². The van der Waals surface area contributed by atoms with Gasteiger partial charge in [-0.3, -0.25) is 0 Å². The second-order valence-electron chi connectivity index (χ2n) is 4.71. The van der Waals surface area contributed by atoms with Crippen molar-refractivity contribution < 1.29 is 8.42 Å². The molecule has 0 fully saturated rings. The fourth-order valence-corrected chi connectivity index (χ4v) is 3.33. The first-order valence-electron chi connectivity index (χ1n) is 5.84. The molecule has 1 N–H and O–H groups in total. The molecule has 94 valence electrons. The minimum absolute atomic E-state index is 0.387. The number of nitrogens with zero attached hydrogens (tertiary/aromatic N) is 1. The number of anilines is 1. The van der Waals surface area contributed by atoms with Crippen molar-refractivity contribution in [2.24, 2.45) is 5.92 Å². The van der Waals surface area contributed by atoms with Gasteiger partial charge in [0.2, 0.25) is 10.0 Å². The maximum atomic E-state index is 12.0. The van der Waals surface area contributed by atoms with Crippen LogP contribution in [-0.4, -0.2) is 28.1 Å². The zero-order valence-corrected chi connectivity index (χ0v) is 11.0. The van der Waals surface area contributed by atoms with E-state index in [9.17, 15) is 8.42 Å². The van der Waals surface area contributed by atoms with Gasteiger partial charge in [-0.25, -0.2) is 13.1 Å². The Kier molecular flexibility index (Phi) is 3.40. The number of fused-ring (bicyclic) bond motifs is 1. The van der Waals surface area contributed by atoms with Crippen molar-refractivity contribution in [3.63, 3.8) is 0 Å². The average Bonchev–Trinajstić information content (AvgIpc) is 2.37. The summed E-state index contributed by atoms with van der Waals surface area (Å²) in [6.45, 7) is 6.32. The molecule has 4 nitrogen and oxygen atoms in total. The van der Waals surface area contributed by atoms with Crippen molar-refractivity contribution in [1.82, 2.24) is 4.72 Å². The Bertz CT molecular complexity index is 497. The standard InChI is InChI=1S/C12H18N2O2S/c1-10(2)9-14-8-7-13-17(15,16)12-6-4-3-5-11(12)14/h3-6,10,13H,7-9H2,1-2H3. The fraction of sp³-hybridized carbons (Fsp3) is 0.500. The summed E-state index contributed by atoms with van der Waals surface area (Å²) in [7, 11) is -3.34. The Labute approximate surface area is 103 Å². The van der Waals surface area contributed by atoms with Gasteiger partial charge in [0, 0.05) is 19.6 Å². The number of para-hydroxylation sites is 1. The summed E-state index contributed by atoms with van der Waals surface area (Å²) in [4.78, 5) is 2.52. The smallest absolute Gasteiger partial charge is 0.242 e. The van der Waals surface area contributed by atoms with E-state index in [1.807, 2.05) is 12.1 Å². The molecule has 1 aliphatic heterocycles. The highest BCUT2D eigenvalue weighted by Gasteiger charge is 2.25. The highest BCUT2D eigenvalue weighted by atomic mass is 32.2. The Hall–Kier alpha value is -1.07. The summed E-state index contributed by atoms with van der Waals surface area (Å²) in [6, 6.07) is 7.18. The Morgan fingerprint density at radius 3 is 2.76 bits per heavy atom. The van der Waals surface area contributed by atoms with E-state index in [-0.39, 0.29) is 0 Å². The van der Waals surface area contributed by atoms with Gasteiger partial charge in [0.1, 0.15) is 4.90 Å². The molecule has 0 atom stereocenters. The van der Waals surface area contributed by atoms with Crippen LogP contribution in [0.4, 0.5) is 5.69 Å². The van der Waals surface area contributed by atoms with Gasteiger partial charge in [0.15, 0.2) is 0 Å². The predicted octanol–water partition coefficient (Wildman–Crippen LogP) is 1.44. The van der Waals surface area contributed by atoms with E-state index >= 15 is 0 Å². The maximum absolute atomic E-state index is 12.0. The van der Waals surface area contributed by atoms with E-state index in [1.165, 1.54) is 0 Å². The molecule has 0 spiro atoms. The first-order valence-corrected chi connectivity index (χ1v) is 7.32.